The van der Waals surface area contributed by atoms with E-state index >= 15 is 0 Å². The van der Waals surface area contributed by atoms with E-state index in [4.69, 9.17) is 0 Å². The van der Waals surface area contributed by atoms with Crippen LogP contribution in [0.5, 0.6) is 0 Å². The molecule has 0 bridgehead atoms. The first-order valence-corrected chi connectivity index (χ1v) is 8.78. The number of anilines is 1. The molecule has 1 saturated heterocycles. The van der Waals surface area contributed by atoms with E-state index < -0.39 is 22.9 Å². The number of urea groups is 1. The topological polar surface area (TPSA) is 147 Å². The van der Waals surface area contributed by atoms with E-state index in [1.807, 2.05) is 0 Å². The SMILES string of the molecule is O=C(NNC(=O)N1CCC[C@H]1C(=O)Nc1cccnc1)c1ccccc1[N+](=O)[O-]. The van der Waals surface area contributed by atoms with E-state index in [1.165, 1.54) is 35.4 Å². The van der Waals surface area contributed by atoms with Crippen molar-refractivity contribution in [2.45, 2.75) is 18.9 Å². The van der Waals surface area contributed by atoms with Crippen molar-refractivity contribution in [2.24, 2.45) is 0 Å². The van der Waals surface area contributed by atoms with E-state index in [2.05, 4.69) is 21.2 Å². The molecule has 0 radical (unpaired) electrons. The van der Waals surface area contributed by atoms with Gasteiger partial charge >= 0.3 is 6.03 Å². The first kappa shape index (κ1) is 19.7. The number of nitro groups is 1. The van der Waals surface area contributed by atoms with Crippen molar-refractivity contribution in [3.63, 3.8) is 0 Å². The molecule has 0 saturated carbocycles. The Morgan fingerprint density at radius 3 is 2.66 bits per heavy atom. The lowest BCUT2D eigenvalue weighted by atomic mass is 10.2. The Hall–Kier alpha value is -4.02. The van der Waals surface area contributed by atoms with Crippen LogP contribution in [0, 0.1) is 10.1 Å². The van der Waals surface area contributed by atoms with E-state index in [0.29, 0.717) is 25.1 Å². The van der Waals surface area contributed by atoms with Crippen molar-refractivity contribution in [1.82, 2.24) is 20.7 Å². The van der Waals surface area contributed by atoms with Crippen LogP contribution in [0.4, 0.5) is 16.2 Å². The van der Waals surface area contributed by atoms with Gasteiger partial charge in [0.2, 0.25) is 5.91 Å². The smallest absolute Gasteiger partial charge is 0.323 e. The van der Waals surface area contributed by atoms with Gasteiger partial charge in [-0.3, -0.25) is 30.1 Å². The van der Waals surface area contributed by atoms with Gasteiger partial charge in [-0.2, -0.15) is 0 Å². The third kappa shape index (κ3) is 4.64. The molecule has 29 heavy (non-hydrogen) atoms. The Morgan fingerprint density at radius 1 is 1.14 bits per heavy atom. The van der Waals surface area contributed by atoms with Crippen molar-refractivity contribution in [2.75, 3.05) is 11.9 Å². The molecular weight excluding hydrogens is 380 g/mol. The number of rotatable bonds is 4. The summed E-state index contributed by atoms with van der Waals surface area (Å²) in [6.45, 7) is 0.332. The third-order valence-corrected chi connectivity index (χ3v) is 4.37. The highest BCUT2D eigenvalue weighted by molar-refractivity contribution is 6.00. The molecule has 11 nitrogen and oxygen atoms in total. The second-order valence-corrected chi connectivity index (χ2v) is 6.24. The molecule has 4 amide bonds. The van der Waals surface area contributed by atoms with Gasteiger partial charge in [-0.15, -0.1) is 0 Å². The van der Waals surface area contributed by atoms with Gasteiger partial charge in [-0.1, -0.05) is 12.1 Å². The Labute approximate surface area is 165 Å². The number of hydrogen-bond acceptors (Lipinski definition) is 6. The summed E-state index contributed by atoms with van der Waals surface area (Å²) in [4.78, 5) is 52.7. The Morgan fingerprint density at radius 2 is 1.93 bits per heavy atom. The van der Waals surface area contributed by atoms with Crippen LogP contribution in [0.25, 0.3) is 0 Å². The van der Waals surface area contributed by atoms with E-state index in [1.54, 1.807) is 18.3 Å². The van der Waals surface area contributed by atoms with Crippen LogP contribution in [0.15, 0.2) is 48.8 Å². The maximum atomic E-state index is 12.5. The van der Waals surface area contributed by atoms with Gasteiger partial charge in [0.05, 0.1) is 16.8 Å². The number of hydrazine groups is 1. The van der Waals surface area contributed by atoms with Crippen LogP contribution in [0.3, 0.4) is 0 Å². The molecule has 0 aliphatic carbocycles. The fourth-order valence-electron chi connectivity index (χ4n) is 3.02. The Bertz CT molecular complexity index is 935. The average Bonchev–Trinajstić information content (AvgIpc) is 3.22. The second-order valence-electron chi connectivity index (χ2n) is 6.24. The number of carbonyl (C=O) groups excluding carboxylic acids is 3. The highest BCUT2D eigenvalue weighted by atomic mass is 16.6. The summed E-state index contributed by atoms with van der Waals surface area (Å²) in [6.07, 6.45) is 4.16. The minimum atomic E-state index is -0.832. The second kappa shape index (κ2) is 8.78. The number of likely N-dealkylation sites (tertiary alicyclic amines) is 1. The summed E-state index contributed by atoms with van der Waals surface area (Å²) >= 11 is 0. The quantitative estimate of drug-likeness (QED) is 0.525. The third-order valence-electron chi connectivity index (χ3n) is 4.37. The van der Waals surface area contributed by atoms with Gasteiger partial charge in [0.25, 0.3) is 11.6 Å². The zero-order valence-electron chi connectivity index (χ0n) is 15.2. The number of nitro benzene ring substituents is 1. The van der Waals surface area contributed by atoms with Crippen LogP contribution in [-0.2, 0) is 4.79 Å². The van der Waals surface area contributed by atoms with E-state index in [0.717, 1.165) is 0 Å². The summed E-state index contributed by atoms with van der Waals surface area (Å²) in [5.74, 6) is -1.20. The molecule has 1 aromatic heterocycles. The molecule has 1 aliphatic heterocycles. The molecule has 3 N–H and O–H groups in total. The number of para-hydroxylation sites is 1. The first-order chi connectivity index (χ1) is 14.0. The van der Waals surface area contributed by atoms with Gasteiger partial charge in [0.1, 0.15) is 11.6 Å². The molecular formula is C18H18N6O5. The van der Waals surface area contributed by atoms with Crippen LogP contribution in [0.1, 0.15) is 23.2 Å². The van der Waals surface area contributed by atoms with Gasteiger partial charge in [0.15, 0.2) is 0 Å². The number of benzene rings is 1. The normalized spacial score (nSPS) is 15.4. The first-order valence-electron chi connectivity index (χ1n) is 8.78. The summed E-state index contributed by atoms with van der Waals surface area (Å²) < 4.78 is 0. The van der Waals surface area contributed by atoms with Crippen molar-refractivity contribution >= 4 is 29.2 Å². The predicted octanol–water partition coefficient (Wildman–Crippen LogP) is 1.45. The lowest BCUT2D eigenvalue weighted by molar-refractivity contribution is -0.385. The van der Waals surface area contributed by atoms with Crippen molar-refractivity contribution in [3.8, 4) is 0 Å². The number of nitrogens with one attached hydrogen (secondary N) is 3. The molecule has 2 aromatic rings. The molecule has 1 fully saturated rings. The van der Waals surface area contributed by atoms with Crippen LogP contribution in [-0.4, -0.2) is 45.2 Å². The van der Waals surface area contributed by atoms with Gasteiger partial charge in [-0.25, -0.2) is 10.2 Å². The van der Waals surface area contributed by atoms with E-state index in [-0.39, 0.29) is 17.2 Å². The van der Waals surface area contributed by atoms with Gasteiger partial charge < -0.3 is 10.2 Å². The number of amides is 4. The molecule has 1 aliphatic rings. The standard InChI is InChI=1S/C18H18N6O5/c25-16(13-6-1-2-7-14(13)24(28)29)21-22-18(27)23-10-4-8-15(23)17(26)20-12-5-3-9-19-11-12/h1-3,5-7,9,11,15H,4,8,10H2,(H,20,26)(H,21,25)(H,22,27)/t15-/m0/s1. The Kier molecular flexibility index (Phi) is 5.97. The molecule has 0 spiro atoms. The molecule has 11 heteroatoms. The number of carbonyl (C=O) groups is 3. The fourth-order valence-corrected chi connectivity index (χ4v) is 3.02. The number of pyridine rings is 1. The minimum absolute atomic E-state index is 0.190. The average molecular weight is 398 g/mol. The molecule has 1 aromatic carbocycles. The Balaban J connectivity index is 1.60. The minimum Gasteiger partial charge on any atom is -0.323 e. The van der Waals surface area contributed by atoms with Crippen molar-refractivity contribution < 1.29 is 19.3 Å². The monoisotopic (exact) mass is 398 g/mol. The van der Waals surface area contributed by atoms with Crippen LogP contribution < -0.4 is 16.2 Å². The van der Waals surface area contributed by atoms with Crippen LogP contribution in [0.2, 0.25) is 0 Å². The maximum absolute atomic E-state index is 12.5. The summed E-state index contributed by atoms with van der Waals surface area (Å²) in [5.41, 5.74) is 4.30. The van der Waals surface area contributed by atoms with Crippen LogP contribution >= 0.6 is 0 Å². The zero-order valence-corrected chi connectivity index (χ0v) is 15.2. The number of aromatic nitrogens is 1. The maximum Gasteiger partial charge on any atom is 0.336 e. The fraction of sp³-hybridized carbons (Fsp3) is 0.222. The van der Waals surface area contributed by atoms with E-state index in [9.17, 15) is 24.5 Å². The number of nitrogens with zero attached hydrogens (tertiary/aromatic N) is 3. The summed E-state index contributed by atoms with van der Waals surface area (Å²) in [5, 5.41) is 13.7. The van der Waals surface area contributed by atoms with Crippen molar-refractivity contribution in [1.29, 1.82) is 0 Å². The molecule has 0 unspecified atom stereocenters. The lowest BCUT2D eigenvalue weighted by Crippen LogP contribution is -2.52. The molecule has 1 atom stereocenters. The highest BCUT2D eigenvalue weighted by Crippen LogP contribution is 2.19. The molecule has 150 valence electrons. The molecule has 3 rings (SSSR count). The largest absolute Gasteiger partial charge is 0.336 e. The van der Waals surface area contributed by atoms with Gasteiger partial charge in [-0.05, 0) is 31.0 Å². The zero-order chi connectivity index (χ0) is 20.8. The lowest BCUT2D eigenvalue weighted by Gasteiger charge is -2.24. The van der Waals surface area contributed by atoms with Gasteiger partial charge in [0, 0.05) is 18.8 Å². The molecule has 2 heterocycles. The highest BCUT2D eigenvalue weighted by Gasteiger charge is 2.34. The van der Waals surface area contributed by atoms with Crippen molar-refractivity contribution in [3.05, 3.63) is 64.5 Å². The summed E-state index contributed by atoms with van der Waals surface area (Å²) in [6, 6.07) is 7.34. The predicted molar refractivity (Wildman–Crippen MR) is 102 cm³/mol. The summed E-state index contributed by atoms with van der Waals surface area (Å²) in [7, 11) is 0. The number of hydrogen-bond donors (Lipinski definition) is 3.